The Morgan fingerprint density at radius 1 is 1.39 bits per heavy atom. The second-order valence-electron chi connectivity index (χ2n) is 3.65. The van der Waals surface area contributed by atoms with Crippen molar-refractivity contribution in [1.82, 2.24) is 0 Å². The van der Waals surface area contributed by atoms with Gasteiger partial charge in [0.1, 0.15) is 5.82 Å². The van der Waals surface area contributed by atoms with Gasteiger partial charge in [0.25, 0.3) is 0 Å². The lowest BCUT2D eigenvalue weighted by atomic mass is 10.3. The summed E-state index contributed by atoms with van der Waals surface area (Å²) in [6.07, 6.45) is 0.0810. The molecule has 1 rings (SSSR count). The first kappa shape index (κ1) is 14.6. The van der Waals surface area contributed by atoms with Crippen LogP contribution in [0.1, 0.15) is 20.3 Å². The van der Waals surface area contributed by atoms with Crippen molar-refractivity contribution in [3.8, 4) is 0 Å². The Hall–Kier alpha value is -1.43. The van der Waals surface area contributed by atoms with Crippen LogP contribution in [-0.4, -0.2) is 26.2 Å². The van der Waals surface area contributed by atoms with E-state index in [1.54, 1.807) is 13.8 Å². The van der Waals surface area contributed by atoms with E-state index in [-0.39, 0.29) is 17.9 Å². The standard InChI is InChI=1S/C12H15FO4S/c1-3-11(12(14)17-4-2)18(15,16)10-7-5-6-9(13)8-10/h5-8,11H,3-4H2,1-2H3. The van der Waals surface area contributed by atoms with E-state index in [1.165, 1.54) is 12.1 Å². The van der Waals surface area contributed by atoms with Crippen LogP contribution in [0.4, 0.5) is 4.39 Å². The number of hydrogen-bond acceptors (Lipinski definition) is 4. The van der Waals surface area contributed by atoms with Crippen LogP contribution >= 0.6 is 0 Å². The van der Waals surface area contributed by atoms with E-state index in [4.69, 9.17) is 4.74 Å². The molecular weight excluding hydrogens is 259 g/mol. The second-order valence-corrected chi connectivity index (χ2v) is 5.78. The van der Waals surface area contributed by atoms with Gasteiger partial charge in [0.15, 0.2) is 15.1 Å². The molecule has 1 atom stereocenters. The van der Waals surface area contributed by atoms with Crippen molar-refractivity contribution in [3.05, 3.63) is 30.1 Å². The second kappa shape index (κ2) is 5.95. The van der Waals surface area contributed by atoms with Gasteiger partial charge >= 0.3 is 5.97 Å². The molecule has 0 heterocycles. The number of carbonyl (C=O) groups excluding carboxylic acids is 1. The molecule has 0 radical (unpaired) electrons. The van der Waals surface area contributed by atoms with E-state index in [0.29, 0.717) is 0 Å². The number of benzene rings is 1. The molecule has 0 aliphatic heterocycles. The smallest absolute Gasteiger partial charge is 0.324 e. The fourth-order valence-electron chi connectivity index (χ4n) is 1.56. The van der Waals surface area contributed by atoms with Crippen LogP contribution in [0.5, 0.6) is 0 Å². The van der Waals surface area contributed by atoms with Crippen LogP contribution in [0.3, 0.4) is 0 Å². The zero-order valence-electron chi connectivity index (χ0n) is 10.2. The predicted molar refractivity (Wildman–Crippen MR) is 64.3 cm³/mol. The van der Waals surface area contributed by atoms with Gasteiger partial charge in [-0.15, -0.1) is 0 Å². The van der Waals surface area contributed by atoms with Gasteiger partial charge in [-0.25, -0.2) is 12.8 Å². The summed E-state index contributed by atoms with van der Waals surface area (Å²) >= 11 is 0. The molecule has 18 heavy (non-hydrogen) atoms. The van der Waals surface area contributed by atoms with Gasteiger partial charge in [0, 0.05) is 0 Å². The average Bonchev–Trinajstić information content (AvgIpc) is 2.30. The van der Waals surface area contributed by atoms with E-state index in [2.05, 4.69) is 0 Å². The fraction of sp³-hybridized carbons (Fsp3) is 0.417. The summed E-state index contributed by atoms with van der Waals surface area (Å²) in [7, 11) is -3.91. The monoisotopic (exact) mass is 274 g/mol. The maximum atomic E-state index is 13.0. The van der Waals surface area contributed by atoms with Crippen molar-refractivity contribution >= 4 is 15.8 Å². The van der Waals surface area contributed by atoms with Gasteiger partial charge < -0.3 is 4.74 Å². The molecule has 0 amide bonds. The van der Waals surface area contributed by atoms with Crippen LogP contribution < -0.4 is 0 Å². The molecule has 0 saturated heterocycles. The summed E-state index contributed by atoms with van der Waals surface area (Å²) < 4.78 is 42.1. The number of rotatable bonds is 5. The van der Waals surface area contributed by atoms with Gasteiger partial charge in [-0.2, -0.15) is 0 Å². The van der Waals surface area contributed by atoms with Crippen LogP contribution in [0.15, 0.2) is 29.2 Å². The summed E-state index contributed by atoms with van der Waals surface area (Å²) in [5, 5.41) is -1.29. The molecule has 0 N–H and O–H groups in total. The van der Waals surface area contributed by atoms with Gasteiger partial charge in [-0.05, 0) is 31.5 Å². The van der Waals surface area contributed by atoms with Gasteiger partial charge in [-0.1, -0.05) is 13.0 Å². The summed E-state index contributed by atoms with van der Waals surface area (Å²) in [6.45, 7) is 3.27. The van der Waals surface area contributed by atoms with Crippen molar-refractivity contribution in [2.45, 2.75) is 30.4 Å². The Morgan fingerprint density at radius 3 is 2.56 bits per heavy atom. The van der Waals surface area contributed by atoms with Crippen molar-refractivity contribution < 1.29 is 22.3 Å². The van der Waals surface area contributed by atoms with Crippen molar-refractivity contribution in [1.29, 1.82) is 0 Å². The maximum Gasteiger partial charge on any atom is 0.324 e. The zero-order valence-corrected chi connectivity index (χ0v) is 11.0. The molecular formula is C12H15FO4S. The van der Waals surface area contributed by atoms with Crippen LogP contribution in [0.2, 0.25) is 0 Å². The van der Waals surface area contributed by atoms with Crippen LogP contribution in [-0.2, 0) is 19.4 Å². The lowest BCUT2D eigenvalue weighted by Gasteiger charge is -2.14. The predicted octanol–water partition coefficient (Wildman–Crippen LogP) is 1.94. The first-order valence-corrected chi connectivity index (χ1v) is 7.14. The van der Waals surface area contributed by atoms with Crippen LogP contribution in [0.25, 0.3) is 0 Å². The first-order chi connectivity index (χ1) is 8.43. The third-order valence-corrected chi connectivity index (χ3v) is 4.61. The van der Waals surface area contributed by atoms with Crippen LogP contribution in [0, 0.1) is 5.82 Å². The highest BCUT2D eigenvalue weighted by atomic mass is 32.2. The van der Waals surface area contributed by atoms with E-state index >= 15 is 0 Å². The SMILES string of the molecule is CCOC(=O)C(CC)S(=O)(=O)c1cccc(F)c1. The number of carbonyl (C=O) groups is 1. The van der Waals surface area contributed by atoms with Gasteiger partial charge in [-0.3, -0.25) is 4.79 Å². The highest BCUT2D eigenvalue weighted by Gasteiger charge is 2.33. The molecule has 0 bridgehead atoms. The Morgan fingerprint density at radius 2 is 2.06 bits per heavy atom. The summed E-state index contributed by atoms with van der Waals surface area (Å²) in [5.41, 5.74) is 0. The molecule has 0 aliphatic rings. The third-order valence-electron chi connectivity index (χ3n) is 2.42. The molecule has 1 unspecified atom stereocenters. The summed E-state index contributed by atoms with van der Waals surface area (Å²) in [6, 6.07) is 4.60. The third kappa shape index (κ3) is 3.07. The lowest BCUT2D eigenvalue weighted by molar-refractivity contribution is -0.142. The van der Waals surface area contributed by atoms with Gasteiger partial charge in [0.2, 0.25) is 0 Å². The largest absolute Gasteiger partial charge is 0.465 e. The molecule has 100 valence electrons. The quantitative estimate of drug-likeness (QED) is 0.770. The Bertz CT molecular complexity index is 525. The van der Waals surface area contributed by atoms with Crippen molar-refractivity contribution in [2.24, 2.45) is 0 Å². The molecule has 0 spiro atoms. The molecule has 1 aromatic rings. The van der Waals surface area contributed by atoms with E-state index in [0.717, 1.165) is 12.1 Å². The number of esters is 1. The normalized spacial score (nSPS) is 13.1. The molecule has 0 fully saturated rings. The molecule has 4 nitrogen and oxygen atoms in total. The zero-order chi connectivity index (χ0) is 13.8. The fourth-order valence-corrected chi connectivity index (χ4v) is 3.19. The summed E-state index contributed by atoms with van der Waals surface area (Å²) in [5.74, 6) is -1.46. The Kier molecular flexibility index (Phi) is 4.84. The van der Waals surface area contributed by atoms with E-state index in [1.807, 2.05) is 0 Å². The molecule has 0 aromatic heterocycles. The Labute approximate surface area is 106 Å². The maximum absolute atomic E-state index is 13.0. The first-order valence-electron chi connectivity index (χ1n) is 5.59. The highest BCUT2D eigenvalue weighted by molar-refractivity contribution is 7.92. The minimum atomic E-state index is -3.91. The van der Waals surface area contributed by atoms with Gasteiger partial charge in [0.05, 0.1) is 11.5 Å². The molecule has 0 aliphatic carbocycles. The van der Waals surface area contributed by atoms with E-state index < -0.39 is 26.9 Å². The Balaban J connectivity index is 3.15. The average molecular weight is 274 g/mol. The molecule has 0 saturated carbocycles. The number of ether oxygens (including phenoxy) is 1. The topological polar surface area (TPSA) is 60.4 Å². The van der Waals surface area contributed by atoms with Crippen molar-refractivity contribution in [2.75, 3.05) is 6.61 Å². The summed E-state index contributed by atoms with van der Waals surface area (Å²) in [4.78, 5) is 11.4. The lowest BCUT2D eigenvalue weighted by Crippen LogP contribution is -2.31. The molecule has 1 aromatic carbocycles. The van der Waals surface area contributed by atoms with Crippen molar-refractivity contribution in [3.63, 3.8) is 0 Å². The van der Waals surface area contributed by atoms with E-state index in [9.17, 15) is 17.6 Å². The number of sulfone groups is 1. The number of hydrogen-bond donors (Lipinski definition) is 0. The molecule has 6 heteroatoms. The minimum absolute atomic E-state index is 0.0810. The highest BCUT2D eigenvalue weighted by Crippen LogP contribution is 2.20. The number of halogens is 1. The minimum Gasteiger partial charge on any atom is -0.465 e.